The van der Waals surface area contributed by atoms with Crippen LogP contribution in [0.15, 0.2) is 6.07 Å². The van der Waals surface area contributed by atoms with Gasteiger partial charge in [0.25, 0.3) is 0 Å². The number of rotatable bonds is 2. The van der Waals surface area contributed by atoms with Crippen molar-refractivity contribution in [2.45, 2.75) is 39.5 Å². The number of halogens is 1. The Kier molecular flexibility index (Phi) is 3.26. The molecule has 0 atom stereocenters. The van der Waals surface area contributed by atoms with E-state index in [0.29, 0.717) is 17.0 Å². The zero-order valence-electron chi connectivity index (χ0n) is 8.50. The summed E-state index contributed by atoms with van der Waals surface area (Å²) in [6, 6.07) is 2.05. The number of hydrogen-bond donors (Lipinski definition) is 0. The largest absolute Gasteiger partial charge is 0.155 e. The summed E-state index contributed by atoms with van der Waals surface area (Å²) in [7, 11) is 0. The van der Waals surface area contributed by atoms with E-state index in [9.17, 15) is 0 Å². The second-order valence-corrected chi connectivity index (χ2v) is 4.18. The Bertz CT molecular complexity index is 295. The van der Waals surface area contributed by atoms with Gasteiger partial charge < -0.3 is 0 Å². The van der Waals surface area contributed by atoms with Crippen LogP contribution in [-0.4, -0.2) is 10.2 Å². The molecule has 0 saturated heterocycles. The first kappa shape index (κ1) is 10.5. The van der Waals surface area contributed by atoms with E-state index in [-0.39, 0.29) is 0 Å². The van der Waals surface area contributed by atoms with Gasteiger partial charge in [0, 0.05) is 0 Å². The van der Waals surface area contributed by atoms with Gasteiger partial charge in [-0.3, -0.25) is 0 Å². The molecule has 3 heteroatoms. The number of aromatic nitrogens is 2. The highest BCUT2D eigenvalue weighted by Gasteiger charge is 2.10. The van der Waals surface area contributed by atoms with Crippen LogP contribution in [0, 0.1) is 0 Å². The van der Waals surface area contributed by atoms with E-state index < -0.39 is 0 Å². The lowest BCUT2D eigenvalue weighted by Crippen LogP contribution is -2.00. The highest BCUT2D eigenvalue weighted by Crippen LogP contribution is 2.24. The van der Waals surface area contributed by atoms with Crippen molar-refractivity contribution in [3.05, 3.63) is 22.5 Å². The highest BCUT2D eigenvalue weighted by atomic mass is 35.5. The van der Waals surface area contributed by atoms with E-state index in [4.69, 9.17) is 11.6 Å². The topological polar surface area (TPSA) is 25.8 Å². The summed E-state index contributed by atoms with van der Waals surface area (Å²) >= 11 is 5.92. The first-order valence-corrected chi connectivity index (χ1v) is 4.93. The lowest BCUT2D eigenvalue weighted by atomic mass is 10.0. The van der Waals surface area contributed by atoms with Gasteiger partial charge in [-0.05, 0) is 23.5 Å². The van der Waals surface area contributed by atoms with E-state index in [1.54, 1.807) is 0 Å². The third kappa shape index (κ3) is 2.41. The van der Waals surface area contributed by atoms with Gasteiger partial charge in [-0.1, -0.05) is 39.3 Å². The minimum atomic E-state index is 0.403. The number of nitrogens with zero attached hydrogens (tertiary/aromatic N) is 2. The smallest absolute Gasteiger partial charge is 0.154 e. The molecule has 0 aliphatic carbocycles. The molecule has 1 aromatic rings. The summed E-state index contributed by atoms with van der Waals surface area (Å²) in [5.41, 5.74) is 2.09. The van der Waals surface area contributed by atoms with Crippen LogP contribution in [0.2, 0.25) is 5.15 Å². The normalized spacial score (nSPS) is 11.3. The van der Waals surface area contributed by atoms with Gasteiger partial charge in [0.1, 0.15) is 0 Å². The third-order valence-corrected chi connectivity index (χ3v) is 2.30. The van der Waals surface area contributed by atoms with E-state index >= 15 is 0 Å². The van der Waals surface area contributed by atoms with Crippen LogP contribution in [0.4, 0.5) is 0 Å². The molecule has 13 heavy (non-hydrogen) atoms. The third-order valence-electron chi connectivity index (χ3n) is 2.01. The van der Waals surface area contributed by atoms with Crippen molar-refractivity contribution < 1.29 is 0 Å². The Morgan fingerprint density at radius 2 is 1.69 bits per heavy atom. The SMILES string of the molecule is CC(C)c1cc(C(C)C)c(Cl)nn1. The van der Waals surface area contributed by atoms with Gasteiger partial charge in [-0.15, -0.1) is 5.10 Å². The molecule has 2 nitrogen and oxygen atoms in total. The molecule has 0 radical (unpaired) electrons. The van der Waals surface area contributed by atoms with E-state index in [1.165, 1.54) is 0 Å². The molecule has 0 bridgehead atoms. The molecule has 0 aliphatic heterocycles. The second-order valence-electron chi connectivity index (χ2n) is 3.82. The molecule has 0 amide bonds. The van der Waals surface area contributed by atoms with Gasteiger partial charge in [-0.2, -0.15) is 5.10 Å². The fourth-order valence-electron chi connectivity index (χ4n) is 1.09. The first-order valence-electron chi connectivity index (χ1n) is 4.55. The van der Waals surface area contributed by atoms with Gasteiger partial charge in [-0.25, -0.2) is 0 Å². The van der Waals surface area contributed by atoms with Crippen LogP contribution < -0.4 is 0 Å². The summed E-state index contributed by atoms with van der Waals surface area (Å²) in [5, 5.41) is 8.50. The Morgan fingerprint density at radius 1 is 1.08 bits per heavy atom. The van der Waals surface area contributed by atoms with Crippen molar-refractivity contribution in [1.29, 1.82) is 0 Å². The summed E-state index contributed by atoms with van der Waals surface area (Å²) in [4.78, 5) is 0. The molecule has 72 valence electrons. The second kappa shape index (κ2) is 4.05. The minimum absolute atomic E-state index is 0.403. The Balaban J connectivity index is 3.11. The quantitative estimate of drug-likeness (QED) is 0.728. The molecule has 1 rings (SSSR count). The molecule has 0 aliphatic rings. The summed E-state index contributed by atoms with van der Waals surface area (Å²) in [6.45, 7) is 8.41. The van der Waals surface area contributed by atoms with E-state index in [2.05, 4.69) is 37.9 Å². The molecule has 1 aromatic heterocycles. The average Bonchev–Trinajstić information content (AvgIpc) is 2.04. The molecule has 0 fully saturated rings. The predicted octanol–water partition coefficient (Wildman–Crippen LogP) is 3.38. The van der Waals surface area contributed by atoms with Crippen LogP contribution in [0.5, 0.6) is 0 Å². The summed E-state index contributed by atoms with van der Waals surface area (Å²) in [6.07, 6.45) is 0. The van der Waals surface area contributed by atoms with Gasteiger partial charge >= 0.3 is 0 Å². The van der Waals surface area contributed by atoms with E-state index in [1.807, 2.05) is 6.07 Å². The molecule has 0 N–H and O–H groups in total. The van der Waals surface area contributed by atoms with Crippen LogP contribution >= 0.6 is 11.6 Å². The van der Waals surface area contributed by atoms with Gasteiger partial charge in [0.15, 0.2) is 5.15 Å². The molecular weight excluding hydrogens is 184 g/mol. The molecule has 0 saturated carbocycles. The number of hydrogen-bond acceptors (Lipinski definition) is 2. The Morgan fingerprint density at radius 3 is 2.15 bits per heavy atom. The Labute approximate surface area is 84.3 Å². The van der Waals surface area contributed by atoms with Gasteiger partial charge in [0.2, 0.25) is 0 Å². The van der Waals surface area contributed by atoms with Crippen LogP contribution in [0.25, 0.3) is 0 Å². The van der Waals surface area contributed by atoms with Crippen molar-refractivity contribution in [3.63, 3.8) is 0 Å². The maximum absolute atomic E-state index is 5.92. The maximum Gasteiger partial charge on any atom is 0.155 e. The van der Waals surface area contributed by atoms with Crippen LogP contribution in [0.3, 0.4) is 0 Å². The van der Waals surface area contributed by atoms with Crippen molar-refractivity contribution in [3.8, 4) is 0 Å². The van der Waals surface area contributed by atoms with Crippen LogP contribution in [0.1, 0.15) is 50.8 Å². The zero-order valence-corrected chi connectivity index (χ0v) is 9.26. The van der Waals surface area contributed by atoms with Crippen molar-refractivity contribution in [2.24, 2.45) is 0 Å². The maximum atomic E-state index is 5.92. The standard InChI is InChI=1S/C10H15ClN2/c1-6(2)8-5-9(7(3)4)12-13-10(8)11/h5-7H,1-4H3. The first-order chi connectivity index (χ1) is 6.02. The van der Waals surface area contributed by atoms with Crippen LogP contribution in [-0.2, 0) is 0 Å². The van der Waals surface area contributed by atoms with Crippen molar-refractivity contribution >= 4 is 11.6 Å². The molecule has 1 heterocycles. The van der Waals surface area contributed by atoms with Crippen molar-refractivity contribution in [1.82, 2.24) is 10.2 Å². The predicted molar refractivity (Wildman–Crippen MR) is 55.2 cm³/mol. The van der Waals surface area contributed by atoms with E-state index in [0.717, 1.165) is 11.3 Å². The monoisotopic (exact) mass is 198 g/mol. The van der Waals surface area contributed by atoms with Crippen molar-refractivity contribution in [2.75, 3.05) is 0 Å². The summed E-state index contributed by atoms with van der Waals surface area (Å²) in [5.74, 6) is 0.808. The Hall–Kier alpha value is -0.630. The lowest BCUT2D eigenvalue weighted by molar-refractivity contribution is 0.759. The zero-order chi connectivity index (χ0) is 10.0. The summed E-state index contributed by atoms with van der Waals surface area (Å²) < 4.78 is 0. The van der Waals surface area contributed by atoms with Gasteiger partial charge in [0.05, 0.1) is 5.69 Å². The molecule has 0 unspecified atom stereocenters. The molecule has 0 aromatic carbocycles. The highest BCUT2D eigenvalue weighted by molar-refractivity contribution is 6.30. The molecule has 0 spiro atoms. The average molecular weight is 199 g/mol. The fourth-order valence-corrected chi connectivity index (χ4v) is 1.40. The fraction of sp³-hybridized carbons (Fsp3) is 0.600. The molecular formula is C10H15ClN2. The lowest BCUT2D eigenvalue weighted by Gasteiger charge is -2.10. The minimum Gasteiger partial charge on any atom is -0.154 e.